The zero-order valence-electron chi connectivity index (χ0n) is 16.6. The quantitative estimate of drug-likeness (QED) is 0.496. The van der Waals surface area contributed by atoms with Crippen molar-refractivity contribution in [3.8, 4) is 28.2 Å². The van der Waals surface area contributed by atoms with Gasteiger partial charge in [0.25, 0.3) is 0 Å². The second-order valence-electron chi connectivity index (χ2n) is 7.12. The Hall–Kier alpha value is -3.66. The van der Waals surface area contributed by atoms with E-state index in [-0.39, 0.29) is 12.3 Å². The molecule has 1 aromatic heterocycles. The van der Waals surface area contributed by atoms with Gasteiger partial charge in [0, 0.05) is 30.8 Å². The van der Waals surface area contributed by atoms with Gasteiger partial charge in [0.05, 0.1) is 23.5 Å². The van der Waals surface area contributed by atoms with E-state index >= 15 is 0 Å². The van der Waals surface area contributed by atoms with Crippen LogP contribution in [0.25, 0.3) is 28.2 Å². The molecule has 0 bridgehead atoms. The maximum Gasteiger partial charge on any atom is 0.226 e. The lowest BCUT2D eigenvalue weighted by Gasteiger charge is -2.13. The lowest BCUT2D eigenvalue weighted by molar-refractivity contribution is -0.127. The van der Waals surface area contributed by atoms with Gasteiger partial charge in [-0.1, -0.05) is 78.9 Å². The average molecular weight is 381 g/mol. The van der Waals surface area contributed by atoms with Crippen molar-refractivity contribution in [3.05, 3.63) is 96.6 Å². The third-order valence-corrected chi connectivity index (χ3v) is 4.91. The van der Waals surface area contributed by atoms with Crippen LogP contribution >= 0.6 is 0 Å². The molecule has 29 heavy (non-hydrogen) atoms. The second kappa shape index (κ2) is 8.15. The minimum Gasteiger partial charge on any atom is -0.349 e. The number of para-hydroxylation sites is 1. The number of likely N-dealkylation sites (N-methyl/N-ethyl adjacent to an activating group) is 1. The van der Waals surface area contributed by atoms with Crippen molar-refractivity contribution in [3.63, 3.8) is 0 Å². The molecule has 1 amide bonds. The van der Waals surface area contributed by atoms with Crippen molar-refractivity contribution in [2.45, 2.75) is 6.42 Å². The van der Waals surface area contributed by atoms with E-state index in [9.17, 15) is 4.79 Å². The van der Waals surface area contributed by atoms with Gasteiger partial charge >= 0.3 is 0 Å². The molecule has 3 aromatic carbocycles. The maximum absolute atomic E-state index is 12.7. The van der Waals surface area contributed by atoms with Gasteiger partial charge in [-0.15, -0.1) is 0 Å². The zero-order chi connectivity index (χ0) is 20.2. The molecule has 4 nitrogen and oxygen atoms in total. The second-order valence-corrected chi connectivity index (χ2v) is 7.12. The van der Waals surface area contributed by atoms with Crippen LogP contribution in [0.1, 0.15) is 5.56 Å². The highest BCUT2D eigenvalue weighted by Gasteiger charge is 2.23. The van der Waals surface area contributed by atoms with E-state index in [0.717, 1.165) is 33.8 Å². The number of hydrogen-bond acceptors (Lipinski definition) is 2. The molecule has 0 aliphatic rings. The summed E-state index contributed by atoms with van der Waals surface area (Å²) in [6.07, 6.45) is 0.286. The number of carbonyl (C=O) groups excluding carboxylic acids is 1. The van der Waals surface area contributed by atoms with Crippen LogP contribution < -0.4 is 0 Å². The molecular weight excluding hydrogens is 358 g/mol. The van der Waals surface area contributed by atoms with Gasteiger partial charge in [0.1, 0.15) is 0 Å². The van der Waals surface area contributed by atoms with Crippen LogP contribution in [0.15, 0.2) is 91.0 Å². The van der Waals surface area contributed by atoms with Gasteiger partial charge in [-0.2, -0.15) is 5.10 Å². The fourth-order valence-electron chi connectivity index (χ4n) is 3.40. The molecule has 144 valence electrons. The summed E-state index contributed by atoms with van der Waals surface area (Å²) in [7, 11) is 3.57. The van der Waals surface area contributed by atoms with E-state index in [0.29, 0.717) is 0 Å². The van der Waals surface area contributed by atoms with Crippen LogP contribution in [0.4, 0.5) is 0 Å². The summed E-state index contributed by atoms with van der Waals surface area (Å²) in [6, 6.07) is 30.3. The molecule has 0 atom stereocenters. The Kier molecular flexibility index (Phi) is 5.25. The summed E-state index contributed by atoms with van der Waals surface area (Å²) in [5, 5.41) is 4.99. The highest BCUT2D eigenvalue weighted by molar-refractivity contribution is 5.86. The molecule has 0 saturated carbocycles. The molecule has 0 aliphatic carbocycles. The number of benzene rings is 3. The molecule has 0 aliphatic heterocycles. The third kappa shape index (κ3) is 3.83. The van der Waals surface area contributed by atoms with E-state index in [1.807, 2.05) is 83.5 Å². The summed E-state index contributed by atoms with van der Waals surface area (Å²) in [4.78, 5) is 14.3. The van der Waals surface area contributed by atoms with Crippen molar-refractivity contribution in [1.82, 2.24) is 14.7 Å². The van der Waals surface area contributed by atoms with E-state index in [1.165, 1.54) is 0 Å². The first kappa shape index (κ1) is 18.7. The van der Waals surface area contributed by atoms with Crippen LogP contribution in [0.5, 0.6) is 0 Å². The molecule has 0 spiro atoms. The molecular formula is C25H23N3O. The first-order valence-electron chi connectivity index (χ1n) is 9.63. The maximum atomic E-state index is 12.7. The normalized spacial score (nSPS) is 10.7. The fraction of sp³-hybridized carbons (Fsp3) is 0.120. The minimum absolute atomic E-state index is 0.0481. The van der Waals surface area contributed by atoms with Crippen molar-refractivity contribution >= 4 is 5.91 Å². The van der Waals surface area contributed by atoms with Crippen LogP contribution in [-0.4, -0.2) is 34.7 Å². The monoisotopic (exact) mass is 381 g/mol. The van der Waals surface area contributed by atoms with Gasteiger partial charge < -0.3 is 4.90 Å². The highest BCUT2D eigenvalue weighted by atomic mass is 16.2. The first-order valence-corrected chi connectivity index (χ1v) is 9.63. The smallest absolute Gasteiger partial charge is 0.226 e. The van der Waals surface area contributed by atoms with Crippen molar-refractivity contribution < 1.29 is 4.79 Å². The molecule has 4 rings (SSSR count). The van der Waals surface area contributed by atoms with Crippen molar-refractivity contribution in [1.29, 1.82) is 0 Å². The van der Waals surface area contributed by atoms with E-state index in [2.05, 4.69) is 12.1 Å². The minimum atomic E-state index is 0.0481. The number of hydrogen-bond donors (Lipinski definition) is 0. The topological polar surface area (TPSA) is 38.1 Å². The summed E-state index contributed by atoms with van der Waals surface area (Å²) < 4.78 is 1.95. The van der Waals surface area contributed by atoms with Crippen molar-refractivity contribution in [2.75, 3.05) is 14.1 Å². The van der Waals surface area contributed by atoms with Crippen LogP contribution in [-0.2, 0) is 11.2 Å². The van der Waals surface area contributed by atoms with Crippen LogP contribution in [0.3, 0.4) is 0 Å². The fourth-order valence-corrected chi connectivity index (χ4v) is 3.40. The highest BCUT2D eigenvalue weighted by Crippen LogP contribution is 2.34. The van der Waals surface area contributed by atoms with Gasteiger partial charge in [0.15, 0.2) is 0 Å². The van der Waals surface area contributed by atoms with Crippen LogP contribution in [0.2, 0.25) is 0 Å². The van der Waals surface area contributed by atoms with Gasteiger partial charge in [-0.3, -0.25) is 4.79 Å². The Morgan fingerprint density at radius 1 is 0.793 bits per heavy atom. The summed E-state index contributed by atoms with van der Waals surface area (Å²) in [6.45, 7) is 0. The lowest BCUT2D eigenvalue weighted by Crippen LogP contribution is -2.23. The lowest BCUT2D eigenvalue weighted by atomic mass is 9.99. The summed E-state index contributed by atoms with van der Waals surface area (Å²) in [5.74, 6) is 0.0481. The van der Waals surface area contributed by atoms with Crippen molar-refractivity contribution in [2.24, 2.45) is 0 Å². The summed E-state index contributed by atoms with van der Waals surface area (Å²) in [5.41, 5.74) is 5.72. The predicted octanol–water partition coefficient (Wildman–Crippen LogP) is 4.84. The number of aromatic nitrogens is 2. The molecule has 0 unspecified atom stereocenters. The van der Waals surface area contributed by atoms with Crippen LogP contribution in [0, 0.1) is 0 Å². The number of rotatable bonds is 5. The number of amides is 1. The standard InChI is InChI=1S/C25H23N3O/c1-27(2)23(29)18-22-24(19-12-6-3-7-13-19)26-28(21-16-10-5-11-17-21)25(22)20-14-8-4-9-15-20/h3-17H,18H2,1-2H3. The largest absolute Gasteiger partial charge is 0.349 e. The number of carbonyl (C=O) groups is 1. The Morgan fingerprint density at radius 2 is 1.31 bits per heavy atom. The first-order chi connectivity index (χ1) is 14.1. The molecule has 1 heterocycles. The van der Waals surface area contributed by atoms with Gasteiger partial charge in [-0.25, -0.2) is 4.68 Å². The molecule has 4 aromatic rings. The zero-order valence-corrected chi connectivity index (χ0v) is 16.6. The number of nitrogens with zero attached hydrogens (tertiary/aromatic N) is 3. The Labute approximate surface area is 171 Å². The average Bonchev–Trinajstić information content (AvgIpc) is 3.14. The Bertz CT molecular complexity index is 1100. The van der Waals surface area contributed by atoms with E-state index in [1.54, 1.807) is 19.0 Å². The summed E-state index contributed by atoms with van der Waals surface area (Å²) >= 11 is 0. The Balaban J connectivity index is 2.01. The van der Waals surface area contributed by atoms with E-state index in [4.69, 9.17) is 5.10 Å². The third-order valence-electron chi connectivity index (χ3n) is 4.91. The van der Waals surface area contributed by atoms with Gasteiger partial charge in [-0.05, 0) is 12.1 Å². The van der Waals surface area contributed by atoms with E-state index < -0.39 is 0 Å². The molecule has 0 fully saturated rings. The molecule has 0 radical (unpaired) electrons. The van der Waals surface area contributed by atoms with Gasteiger partial charge in [0.2, 0.25) is 5.91 Å². The SMILES string of the molecule is CN(C)C(=O)Cc1c(-c2ccccc2)nn(-c2ccccc2)c1-c1ccccc1. The predicted molar refractivity (Wildman–Crippen MR) is 117 cm³/mol. The molecule has 0 N–H and O–H groups in total. The molecule has 0 saturated heterocycles. The Morgan fingerprint density at radius 3 is 1.86 bits per heavy atom. The molecule has 4 heteroatoms.